The SMILES string of the molecule is Nc1cncc(Br)c1NC1C=CS(=O)(=O)C1. The van der Waals surface area contributed by atoms with Gasteiger partial charge in [0.1, 0.15) is 0 Å². The molecule has 5 nitrogen and oxygen atoms in total. The van der Waals surface area contributed by atoms with Crippen LogP contribution < -0.4 is 11.1 Å². The molecule has 86 valence electrons. The van der Waals surface area contributed by atoms with Gasteiger partial charge in [0.05, 0.1) is 33.8 Å². The second-order valence-electron chi connectivity index (χ2n) is 3.49. The molecule has 0 fully saturated rings. The molecule has 0 aromatic carbocycles. The summed E-state index contributed by atoms with van der Waals surface area (Å²) < 4.78 is 23.2. The Morgan fingerprint density at radius 1 is 1.50 bits per heavy atom. The van der Waals surface area contributed by atoms with E-state index in [9.17, 15) is 8.42 Å². The fourth-order valence-corrected chi connectivity index (χ4v) is 3.15. The molecular weight excluding hydrogens is 294 g/mol. The Labute approximate surface area is 102 Å². The van der Waals surface area contributed by atoms with Gasteiger partial charge >= 0.3 is 0 Å². The van der Waals surface area contributed by atoms with Crippen LogP contribution in [0.15, 0.2) is 28.4 Å². The predicted octanol–water partition coefficient (Wildman–Crippen LogP) is 1.15. The van der Waals surface area contributed by atoms with E-state index in [1.165, 1.54) is 11.6 Å². The predicted molar refractivity (Wildman–Crippen MR) is 66.7 cm³/mol. The molecule has 1 aliphatic heterocycles. The lowest BCUT2D eigenvalue weighted by Gasteiger charge is -2.14. The number of hydrogen-bond acceptors (Lipinski definition) is 5. The monoisotopic (exact) mass is 303 g/mol. The molecule has 1 aliphatic rings. The van der Waals surface area contributed by atoms with E-state index >= 15 is 0 Å². The summed E-state index contributed by atoms with van der Waals surface area (Å²) in [5.74, 6) is 0.0567. The van der Waals surface area contributed by atoms with Crippen LogP contribution in [0.1, 0.15) is 0 Å². The lowest BCUT2D eigenvalue weighted by molar-refractivity contribution is 0.605. The summed E-state index contributed by atoms with van der Waals surface area (Å²) in [5, 5.41) is 4.27. The van der Waals surface area contributed by atoms with E-state index in [-0.39, 0.29) is 11.8 Å². The Morgan fingerprint density at radius 3 is 2.81 bits per heavy atom. The first-order chi connectivity index (χ1) is 7.48. The largest absolute Gasteiger partial charge is 0.396 e. The van der Waals surface area contributed by atoms with Gasteiger partial charge in [0.15, 0.2) is 9.84 Å². The number of aromatic nitrogens is 1. The Bertz CT molecular complexity index is 521. The third-order valence-corrected chi connectivity index (χ3v) is 4.19. The molecule has 0 saturated heterocycles. The van der Waals surface area contributed by atoms with Crippen molar-refractivity contribution in [3.63, 3.8) is 0 Å². The fourth-order valence-electron chi connectivity index (χ4n) is 1.45. The maximum atomic E-state index is 11.2. The van der Waals surface area contributed by atoms with Gasteiger partial charge in [-0.2, -0.15) is 0 Å². The van der Waals surface area contributed by atoms with Gasteiger partial charge in [-0.05, 0) is 15.9 Å². The first-order valence-corrected chi connectivity index (χ1v) is 7.05. The van der Waals surface area contributed by atoms with Gasteiger partial charge in [0.25, 0.3) is 0 Å². The zero-order valence-electron chi connectivity index (χ0n) is 8.22. The van der Waals surface area contributed by atoms with E-state index in [0.717, 1.165) is 0 Å². The number of nitrogen functional groups attached to an aromatic ring is 1. The van der Waals surface area contributed by atoms with Crippen molar-refractivity contribution in [3.05, 3.63) is 28.4 Å². The first-order valence-electron chi connectivity index (χ1n) is 4.54. The van der Waals surface area contributed by atoms with Crippen LogP contribution in [0, 0.1) is 0 Å². The summed E-state index contributed by atoms with van der Waals surface area (Å²) in [4.78, 5) is 3.90. The minimum Gasteiger partial charge on any atom is -0.396 e. The number of nitrogens with zero attached hydrogens (tertiary/aromatic N) is 1. The van der Waals surface area contributed by atoms with Crippen molar-refractivity contribution < 1.29 is 8.42 Å². The third kappa shape index (κ3) is 2.35. The van der Waals surface area contributed by atoms with Crippen LogP contribution in [0.5, 0.6) is 0 Å². The number of pyridine rings is 1. The highest BCUT2D eigenvalue weighted by Gasteiger charge is 2.22. The first kappa shape index (κ1) is 11.4. The maximum Gasteiger partial charge on any atom is 0.173 e. The minimum absolute atomic E-state index is 0.0567. The van der Waals surface area contributed by atoms with Crippen molar-refractivity contribution in [2.75, 3.05) is 16.8 Å². The number of halogens is 1. The average molecular weight is 304 g/mol. The molecule has 0 radical (unpaired) electrons. The quantitative estimate of drug-likeness (QED) is 0.856. The zero-order chi connectivity index (χ0) is 11.8. The van der Waals surface area contributed by atoms with Gasteiger partial charge in [-0.25, -0.2) is 8.42 Å². The van der Waals surface area contributed by atoms with E-state index in [4.69, 9.17) is 5.73 Å². The van der Waals surface area contributed by atoms with Crippen LogP contribution in [0.2, 0.25) is 0 Å². The number of nitrogens with one attached hydrogen (secondary N) is 1. The average Bonchev–Trinajstić information content (AvgIpc) is 2.52. The van der Waals surface area contributed by atoms with Crippen molar-refractivity contribution >= 4 is 37.1 Å². The standard InChI is InChI=1S/C9H10BrN3O2S/c10-7-3-12-4-8(11)9(7)13-6-1-2-16(14,15)5-6/h1-4,6H,5,11H2,(H,12,13). The van der Waals surface area contributed by atoms with Crippen molar-refractivity contribution in [1.29, 1.82) is 0 Å². The highest BCUT2D eigenvalue weighted by atomic mass is 79.9. The van der Waals surface area contributed by atoms with E-state index < -0.39 is 9.84 Å². The summed E-state index contributed by atoms with van der Waals surface area (Å²) in [5.41, 5.74) is 6.89. The molecule has 0 amide bonds. The Balaban J connectivity index is 2.20. The molecule has 7 heteroatoms. The summed E-state index contributed by atoms with van der Waals surface area (Å²) in [7, 11) is -3.06. The summed E-state index contributed by atoms with van der Waals surface area (Å²) in [6.45, 7) is 0. The van der Waals surface area contributed by atoms with Crippen LogP contribution in [0.25, 0.3) is 0 Å². The van der Waals surface area contributed by atoms with Gasteiger partial charge in [-0.1, -0.05) is 6.08 Å². The molecule has 0 spiro atoms. The Morgan fingerprint density at radius 2 is 2.25 bits per heavy atom. The number of anilines is 2. The molecule has 0 bridgehead atoms. The second kappa shape index (κ2) is 4.06. The topological polar surface area (TPSA) is 85.1 Å². The zero-order valence-corrected chi connectivity index (χ0v) is 10.6. The van der Waals surface area contributed by atoms with E-state index in [0.29, 0.717) is 15.8 Å². The summed E-state index contributed by atoms with van der Waals surface area (Å²) in [6, 6.07) is -0.244. The molecule has 0 aliphatic carbocycles. The summed E-state index contributed by atoms with van der Waals surface area (Å²) in [6.07, 6.45) is 4.73. The molecule has 2 heterocycles. The van der Waals surface area contributed by atoms with E-state index in [1.807, 2.05) is 0 Å². The third-order valence-electron chi connectivity index (χ3n) is 2.19. The van der Waals surface area contributed by atoms with Gasteiger partial charge in [-0.15, -0.1) is 0 Å². The lowest BCUT2D eigenvalue weighted by atomic mass is 10.3. The lowest BCUT2D eigenvalue weighted by Crippen LogP contribution is -2.21. The van der Waals surface area contributed by atoms with Crippen LogP contribution in [0.3, 0.4) is 0 Å². The van der Waals surface area contributed by atoms with Gasteiger partial charge in [0.2, 0.25) is 0 Å². The van der Waals surface area contributed by atoms with Gasteiger partial charge in [0, 0.05) is 11.6 Å². The molecule has 1 unspecified atom stereocenters. The number of sulfone groups is 1. The molecule has 16 heavy (non-hydrogen) atoms. The van der Waals surface area contributed by atoms with Crippen LogP contribution in [-0.2, 0) is 9.84 Å². The Hall–Kier alpha value is -1.08. The molecule has 1 atom stereocenters. The van der Waals surface area contributed by atoms with E-state index in [1.54, 1.807) is 12.3 Å². The number of hydrogen-bond donors (Lipinski definition) is 2. The molecular formula is C9H10BrN3O2S. The fraction of sp³-hybridized carbons (Fsp3) is 0.222. The molecule has 2 rings (SSSR count). The van der Waals surface area contributed by atoms with E-state index in [2.05, 4.69) is 26.2 Å². The van der Waals surface area contributed by atoms with Crippen LogP contribution >= 0.6 is 15.9 Å². The van der Waals surface area contributed by atoms with Crippen molar-refractivity contribution in [3.8, 4) is 0 Å². The molecule has 1 aromatic rings. The highest BCUT2D eigenvalue weighted by Crippen LogP contribution is 2.28. The van der Waals surface area contributed by atoms with Crippen molar-refractivity contribution in [2.24, 2.45) is 0 Å². The molecule has 3 N–H and O–H groups in total. The van der Waals surface area contributed by atoms with Gasteiger partial charge in [-0.3, -0.25) is 4.98 Å². The number of nitrogens with two attached hydrogens (primary N) is 1. The maximum absolute atomic E-state index is 11.2. The molecule has 0 saturated carbocycles. The van der Waals surface area contributed by atoms with Crippen LogP contribution in [-0.4, -0.2) is 25.2 Å². The van der Waals surface area contributed by atoms with Crippen molar-refractivity contribution in [2.45, 2.75) is 6.04 Å². The van der Waals surface area contributed by atoms with Crippen LogP contribution in [0.4, 0.5) is 11.4 Å². The second-order valence-corrected chi connectivity index (χ2v) is 6.28. The smallest absolute Gasteiger partial charge is 0.173 e. The van der Waals surface area contributed by atoms with Crippen molar-refractivity contribution in [1.82, 2.24) is 4.98 Å². The van der Waals surface area contributed by atoms with Gasteiger partial charge < -0.3 is 11.1 Å². The number of rotatable bonds is 2. The minimum atomic E-state index is -3.06. The summed E-state index contributed by atoms with van der Waals surface area (Å²) >= 11 is 3.30. The Kier molecular flexibility index (Phi) is 2.90. The molecule has 1 aromatic heterocycles. The highest BCUT2D eigenvalue weighted by molar-refractivity contribution is 9.10. The normalized spacial score (nSPS) is 22.2.